The van der Waals surface area contributed by atoms with Gasteiger partial charge in [-0.05, 0) is 55.5 Å². The minimum absolute atomic E-state index is 0.00906. The van der Waals surface area contributed by atoms with Gasteiger partial charge in [0.2, 0.25) is 5.91 Å². The quantitative estimate of drug-likeness (QED) is 0.739. The van der Waals surface area contributed by atoms with Crippen LogP contribution in [0.1, 0.15) is 36.8 Å². The molecule has 1 saturated heterocycles. The highest BCUT2D eigenvalue weighted by Crippen LogP contribution is 2.23. The first-order valence-electron chi connectivity index (χ1n) is 9.57. The number of nitrogens with one attached hydrogen (secondary N) is 1. The van der Waals surface area contributed by atoms with Crippen molar-refractivity contribution in [3.05, 3.63) is 70.5 Å². The molecule has 27 heavy (non-hydrogen) atoms. The molecule has 2 aromatic carbocycles. The van der Waals surface area contributed by atoms with Crippen molar-refractivity contribution < 1.29 is 9.18 Å². The van der Waals surface area contributed by atoms with Crippen LogP contribution in [0.5, 0.6) is 0 Å². The van der Waals surface area contributed by atoms with Crippen LogP contribution in [0.25, 0.3) is 0 Å². The molecular weight excluding hydrogens is 363 g/mol. The number of amides is 1. The maximum Gasteiger partial charge on any atom is 0.220 e. The molecule has 2 aromatic rings. The number of hydrogen-bond acceptors (Lipinski definition) is 2. The summed E-state index contributed by atoms with van der Waals surface area (Å²) in [6.45, 7) is 3.24. The average molecular weight is 389 g/mol. The summed E-state index contributed by atoms with van der Waals surface area (Å²) in [6, 6.07) is 14.5. The van der Waals surface area contributed by atoms with Crippen LogP contribution in [-0.2, 0) is 17.9 Å². The van der Waals surface area contributed by atoms with Gasteiger partial charge < -0.3 is 5.32 Å². The van der Waals surface area contributed by atoms with Gasteiger partial charge in [0.1, 0.15) is 5.82 Å². The molecule has 0 aliphatic carbocycles. The van der Waals surface area contributed by atoms with Gasteiger partial charge in [-0.1, -0.05) is 41.9 Å². The average Bonchev–Trinajstić information content (AvgIpc) is 2.66. The van der Waals surface area contributed by atoms with E-state index < -0.39 is 0 Å². The third-order valence-electron chi connectivity index (χ3n) is 5.11. The summed E-state index contributed by atoms with van der Waals surface area (Å²) in [5.41, 5.74) is 1.75. The molecule has 1 amide bonds. The van der Waals surface area contributed by atoms with Crippen molar-refractivity contribution in [1.82, 2.24) is 10.2 Å². The van der Waals surface area contributed by atoms with Gasteiger partial charge in [0.05, 0.1) is 0 Å². The molecule has 1 atom stereocenters. The number of rotatable bonds is 7. The lowest BCUT2D eigenvalue weighted by molar-refractivity contribution is -0.121. The van der Waals surface area contributed by atoms with Gasteiger partial charge in [-0.3, -0.25) is 9.69 Å². The summed E-state index contributed by atoms with van der Waals surface area (Å²) >= 11 is 6.07. The lowest BCUT2D eigenvalue weighted by Gasteiger charge is -2.32. The van der Waals surface area contributed by atoms with Crippen LogP contribution >= 0.6 is 11.6 Å². The second kappa shape index (κ2) is 9.86. The van der Waals surface area contributed by atoms with Crippen molar-refractivity contribution in [3.8, 4) is 0 Å². The molecule has 0 bridgehead atoms. The topological polar surface area (TPSA) is 32.3 Å². The predicted octanol–water partition coefficient (Wildman–Crippen LogP) is 4.79. The molecule has 0 radical (unpaired) electrons. The lowest BCUT2D eigenvalue weighted by atomic mass is 9.93. The minimum Gasteiger partial charge on any atom is -0.352 e. The van der Waals surface area contributed by atoms with Gasteiger partial charge in [-0.25, -0.2) is 4.39 Å². The molecule has 144 valence electrons. The molecule has 3 nitrogen and oxygen atoms in total. The van der Waals surface area contributed by atoms with Crippen LogP contribution < -0.4 is 5.32 Å². The summed E-state index contributed by atoms with van der Waals surface area (Å²) in [4.78, 5) is 14.6. The summed E-state index contributed by atoms with van der Waals surface area (Å²) in [5.74, 6) is 0.240. The molecule has 0 saturated carbocycles. The van der Waals surface area contributed by atoms with Crippen molar-refractivity contribution >= 4 is 17.5 Å². The largest absolute Gasteiger partial charge is 0.352 e. The predicted molar refractivity (Wildman–Crippen MR) is 107 cm³/mol. The van der Waals surface area contributed by atoms with E-state index in [9.17, 15) is 9.18 Å². The second-order valence-electron chi connectivity index (χ2n) is 7.28. The van der Waals surface area contributed by atoms with Crippen LogP contribution in [0, 0.1) is 11.7 Å². The van der Waals surface area contributed by atoms with Gasteiger partial charge in [-0.2, -0.15) is 0 Å². The van der Waals surface area contributed by atoms with Crippen LogP contribution in [-0.4, -0.2) is 23.9 Å². The van der Waals surface area contributed by atoms with Crippen molar-refractivity contribution in [2.24, 2.45) is 5.92 Å². The van der Waals surface area contributed by atoms with E-state index in [1.165, 1.54) is 11.6 Å². The molecule has 5 heteroatoms. The van der Waals surface area contributed by atoms with E-state index >= 15 is 0 Å². The smallest absolute Gasteiger partial charge is 0.220 e. The molecule has 0 spiro atoms. The van der Waals surface area contributed by atoms with Crippen molar-refractivity contribution in [2.45, 2.75) is 38.8 Å². The van der Waals surface area contributed by atoms with Gasteiger partial charge in [-0.15, -0.1) is 0 Å². The third kappa shape index (κ3) is 6.33. The van der Waals surface area contributed by atoms with Gasteiger partial charge >= 0.3 is 0 Å². The molecule has 1 aliphatic rings. The van der Waals surface area contributed by atoms with Gasteiger partial charge in [0.15, 0.2) is 0 Å². The van der Waals surface area contributed by atoms with E-state index in [0.29, 0.717) is 17.9 Å². The summed E-state index contributed by atoms with van der Waals surface area (Å²) < 4.78 is 13.6. The zero-order valence-corrected chi connectivity index (χ0v) is 16.2. The van der Waals surface area contributed by atoms with Crippen LogP contribution in [0.2, 0.25) is 5.02 Å². The van der Waals surface area contributed by atoms with E-state index in [0.717, 1.165) is 43.9 Å². The fraction of sp³-hybridized carbons (Fsp3) is 0.409. The molecule has 3 rings (SSSR count). The highest BCUT2D eigenvalue weighted by atomic mass is 35.5. The molecule has 1 heterocycles. The van der Waals surface area contributed by atoms with Crippen LogP contribution in [0.15, 0.2) is 48.5 Å². The van der Waals surface area contributed by atoms with Crippen molar-refractivity contribution in [1.29, 1.82) is 0 Å². The summed E-state index contributed by atoms with van der Waals surface area (Å²) in [6.07, 6.45) is 3.67. The minimum atomic E-state index is -0.276. The van der Waals surface area contributed by atoms with Gasteiger partial charge in [0, 0.05) is 36.6 Å². The number of carbonyl (C=O) groups is 1. The maximum absolute atomic E-state index is 13.6. The number of hydrogen-bond donors (Lipinski definition) is 1. The Hall–Kier alpha value is -1.91. The molecular formula is C22H26ClFN2O. The Bertz CT molecular complexity index is 767. The number of likely N-dealkylation sites (tertiary alicyclic amines) is 1. The standard InChI is InChI=1S/C22H26ClFN2O/c23-20-8-3-5-18(13-20)16-26-12-4-6-17(15-26)10-11-22(27)25-14-19-7-1-2-9-21(19)24/h1-3,5,7-9,13,17H,4,6,10-12,14-16H2,(H,25,27). The van der Waals surface area contributed by atoms with E-state index in [2.05, 4.69) is 16.3 Å². The Morgan fingerprint density at radius 3 is 2.89 bits per heavy atom. The Labute approximate surface area is 165 Å². The molecule has 1 N–H and O–H groups in total. The van der Waals surface area contributed by atoms with E-state index in [1.54, 1.807) is 18.2 Å². The second-order valence-corrected chi connectivity index (χ2v) is 7.72. The molecule has 0 aromatic heterocycles. The Morgan fingerprint density at radius 1 is 1.22 bits per heavy atom. The molecule has 1 fully saturated rings. The number of piperidine rings is 1. The highest BCUT2D eigenvalue weighted by Gasteiger charge is 2.20. The van der Waals surface area contributed by atoms with E-state index in [1.807, 2.05) is 18.2 Å². The fourth-order valence-corrected chi connectivity index (χ4v) is 3.90. The first-order valence-corrected chi connectivity index (χ1v) is 9.95. The number of nitrogens with zero attached hydrogens (tertiary/aromatic N) is 1. The lowest BCUT2D eigenvalue weighted by Crippen LogP contribution is -2.35. The van der Waals surface area contributed by atoms with E-state index in [4.69, 9.17) is 11.6 Å². The summed E-state index contributed by atoms with van der Waals surface area (Å²) in [7, 11) is 0. The van der Waals surface area contributed by atoms with Crippen molar-refractivity contribution in [2.75, 3.05) is 13.1 Å². The van der Waals surface area contributed by atoms with Crippen LogP contribution in [0.3, 0.4) is 0 Å². The third-order valence-corrected chi connectivity index (χ3v) is 5.35. The Morgan fingerprint density at radius 2 is 2.07 bits per heavy atom. The van der Waals surface area contributed by atoms with Crippen LogP contribution in [0.4, 0.5) is 4.39 Å². The van der Waals surface area contributed by atoms with E-state index in [-0.39, 0.29) is 18.3 Å². The molecule has 1 unspecified atom stereocenters. The zero-order chi connectivity index (χ0) is 19.1. The first kappa shape index (κ1) is 19.8. The summed E-state index contributed by atoms with van der Waals surface area (Å²) in [5, 5.41) is 3.60. The normalized spacial score (nSPS) is 17.6. The fourth-order valence-electron chi connectivity index (χ4n) is 3.68. The van der Waals surface area contributed by atoms with Gasteiger partial charge in [0.25, 0.3) is 0 Å². The SMILES string of the molecule is O=C(CCC1CCCN(Cc2cccc(Cl)c2)C1)NCc1ccccc1F. The zero-order valence-electron chi connectivity index (χ0n) is 15.5. The maximum atomic E-state index is 13.6. The highest BCUT2D eigenvalue weighted by molar-refractivity contribution is 6.30. The molecule has 1 aliphatic heterocycles. The monoisotopic (exact) mass is 388 g/mol. The number of carbonyl (C=O) groups excluding carboxylic acids is 1. The first-order chi connectivity index (χ1) is 13.1. The number of halogens is 2. The Balaban J connectivity index is 1.41. The Kier molecular flexibility index (Phi) is 7.25. The number of benzene rings is 2. The van der Waals surface area contributed by atoms with Crippen molar-refractivity contribution in [3.63, 3.8) is 0 Å².